The number of carbonyl (C=O) groups excluding carboxylic acids is 1. The van der Waals surface area contributed by atoms with Gasteiger partial charge in [-0.05, 0) is 6.42 Å². The van der Waals surface area contributed by atoms with Gasteiger partial charge in [-0.1, -0.05) is 0 Å². The van der Waals surface area contributed by atoms with Crippen molar-refractivity contribution >= 4 is 5.78 Å². The maximum atomic E-state index is 11.3. The van der Waals surface area contributed by atoms with Gasteiger partial charge in [0.15, 0.2) is 5.78 Å². The minimum Gasteiger partial charge on any atom is -0.347 e. The highest BCUT2D eigenvalue weighted by molar-refractivity contribution is 5.91. The fourth-order valence-corrected chi connectivity index (χ4v) is 1.73. The lowest BCUT2D eigenvalue weighted by Gasteiger charge is -2.21. The van der Waals surface area contributed by atoms with Crippen molar-refractivity contribution in [1.29, 1.82) is 0 Å². The van der Waals surface area contributed by atoms with E-state index in [1.165, 1.54) is 7.11 Å². The highest BCUT2D eigenvalue weighted by Crippen LogP contribution is 2.41. The maximum absolute atomic E-state index is 11.3. The molecule has 3 heteroatoms. The van der Waals surface area contributed by atoms with Crippen molar-refractivity contribution in [3.05, 3.63) is 0 Å². The molecule has 2 atom stereocenters. The predicted molar refractivity (Wildman–Crippen MR) is 33.4 cm³/mol. The minimum atomic E-state index is -0.829. The molecule has 3 nitrogen and oxygen atoms in total. The molecular formula is C7H10O3. The van der Waals surface area contributed by atoms with Crippen molar-refractivity contribution in [3.8, 4) is 0 Å². The van der Waals surface area contributed by atoms with E-state index in [0.29, 0.717) is 6.61 Å². The van der Waals surface area contributed by atoms with Crippen molar-refractivity contribution in [1.82, 2.24) is 0 Å². The quantitative estimate of drug-likeness (QED) is 0.529. The summed E-state index contributed by atoms with van der Waals surface area (Å²) < 4.78 is 10.3. The van der Waals surface area contributed by atoms with Crippen molar-refractivity contribution < 1.29 is 14.3 Å². The average Bonchev–Trinajstić information content (AvgIpc) is 2.46. The summed E-state index contributed by atoms with van der Waals surface area (Å²) in [4.78, 5) is 11.3. The summed E-state index contributed by atoms with van der Waals surface area (Å²) in [5.74, 6) is -0.556. The first kappa shape index (κ1) is 6.31. The zero-order valence-corrected chi connectivity index (χ0v) is 5.92. The fourth-order valence-electron chi connectivity index (χ4n) is 1.73. The van der Waals surface area contributed by atoms with Crippen LogP contribution in [-0.4, -0.2) is 25.3 Å². The Morgan fingerprint density at radius 3 is 2.80 bits per heavy atom. The topological polar surface area (TPSA) is 35.5 Å². The van der Waals surface area contributed by atoms with E-state index in [0.717, 1.165) is 12.8 Å². The number of ether oxygens (including phenoxy) is 2. The number of methoxy groups -OCH3 is 1. The van der Waals surface area contributed by atoms with Gasteiger partial charge in [-0.2, -0.15) is 0 Å². The first-order valence-corrected chi connectivity index (χ1v) is 3.52. The van der Waals surface area contributed by atoms with Gasteiger partial charge in [0.2, 0.25) is 5.79 Å². The molecule has 2 fully saturated rings. The summed E-state index contributed by atoms with van der Waals surface area (Å²) >= 11 is 0. The summed E-state index contributed by atoms with van der Waals surface area (Å²) in [6.07, 6.45) is 1.68. The molecule has 0 aromatic heterocycles. The number of Topliss-reactive ketones (excluding diaryl/α,β-unsaturated/α-hetero) is 1. The van der Waals surface area contributed by atoms with Gasteiger partial charge < -0.3 is 9.47 Å². The largest absolute Gasteiger partial charge is 0.347 e. The van der Waals surface area contributed by atoms with Crippen molar-refractivity contribution in [3.63, 3.8) is 0 Å². The zero-order valence-electron chi connectivity index (χ0n) is 5.92. The zero-order chi connectivity index (χ0) is 7.19. The molecule has 1 heterocycles. The van der Waals surface area contributed by atoms with Gasteiger partial charge in [-0.25, -0.2) is 0 Å². The predicted octanol–water partition coefficient (Wildman–Crippen LogP) is 0.338. The van der Waals surface area contributed by atoms with Gasteiger partial charge in [-0.3, -0.25) is 4.79 Å². The van der Waals surface area contributed by atoms with E-state index < -0.39 is 5.79 Å². The van der Waals surface area contributed by atoms with Crippen LogP contribution in [0.5, 0.6) is 0 Å². The molecule has 1 aliphatic carbocycles. The second-order valence-electron chi connectivity index (χ2n) is 2.87. The number of hydrogen-bond acceptors (Lipinski definition) is 3. The first-order chi connectivity index (χ1) is 4.78. The molecule has 0 spiro atoms. The molecule has 0 N–H and O–H groups in total. The summed E-state index contributed by atoms with van der Waals surface area (Å²) in [6, 6.07) is 0. The molecule has 56 valence electrons. The Kier molecular flexibility index (Phi) is 1.13. The van der Waals surface area contributed by atoms with Crippen molar-refractivity contribution in [2.24, 2.45) is 5.92 Å². The van der Waals surface area contributed by atoms with Crippen LogP contribution >= 0.6 is 0 Å². The van der Waals surface area contributed by atoms with E-state index in [4.69, 9.17) is 9.47 Å². The summed E-state index contributed by atoms with van der Waals surface area (Å²) in [6.45, 7) is 0.562. The molecular weight excluding hydrogens is 132 g/mol. The monoisotopic (exact) mass is 142 g/mol. The van der Waals surface area contributed by atoms with Crippen LogP contribution in [0.25, 0.3) is 0 Å². The average molecular weight is 142 g/mol. The molecule has 0 radical (unpaired) electrons. The molecule has 2 bridgehead atoms. The fraction of sp³-hybridized carbons (Fsp3) is 0.857. The molecule has 0 amide bonds. The molecule has 1 saturated carbocycles. The third-order valence-electron chi connectivity index (χ3n) is 2.42. The van der Waals surface area contributed by atoms with Gasteiger partial charge in [0.1, 0.15) is 0 Å². The number of hydrogen-bond donors (Lipinski definition) is 0. The highest BCUT2D eigenvalue weighted by atomic mass is 16.7. The second kappa shape index (κ2) is 1.80. The Balaban J connectivity index is 2.30. The van der Waals surface area contributed by atoms with Crippen LogP contribution in [0.3, 0.4) is 0 Å². The van der Waals surface area contributed by atoms with E-state index in [-0.39, 0.29) is 11.7 Å². The molecule has 1 saturated heterocycles. The van der Waals surface area contributed by atoms with Gasteiger partial charge in [0.05, 0.1) is 6.61 Å². The van der Waals surface area contributed by atoms with E-state index >= 15 is 0 Å². The first-order valence-electron chi connectivity index (χ1n) is 3.52. The van der Waals surface area contributed by atoms with Crippen LogP contribution < -0.4 is 0 Å². The lowest BCUT2D eigenvalue weighted by atomic mass is 10.1. The Morgan fingerprint density at radius 2 is 2.60 bits per heavy atom. The number of fused-ring (bicyclic) bond motifs is 2. The van der Waals surface area contributed by atoms with Crippen LogP contribution in [-0.2, 0) is 14.3 Å². The summed E-state index contributed by atoms with van der Waals surface area (Å²) in [5.41, 5.74) is 0. The lowest BCUT2D eigenvalue weighted by molar-refractivity contribution is -0.199. The molecule has 0 aromatic rings. The van der Waals surface area contributed by atoms with Gasteiger partial charge in [0, 0.05) is 19.4 Å². The third kappa shape index (κ3) is 0.545. The van der Waals surface area contributed by atoms with Crippen LogP contribution in [0.2, 0.25) is 0 Å². The summed E-state index contributed by atoms with van der Waals surface area (Å²) in [5, 5.41) is 0. The standard InChI is InChI=1S/C7H10O3/c1-9-7-3-2-5(4-10-7)6(7)8/h5H,2-4H2,1H3. The van der Waals surface area contributed by atoms with Crippen LogP contribution in [0, 0.1) is 5.92 Å². The molecule has 1 aliphatic heterocycles. The molecule has 2 rings (SSSR count). The van der Waals surface area contributed by atoms with Gasteiger partial charge in [0.25, 0.3) is 0 Å². The number of ketones is 1. The van der Waals surface area contributed by atoms with E-state index in [1.54, 1.807) is 0 Å². The highest BCUT2D eigenvalue weighted by Gasteiger charge is 2.55. The number of rotatable bonds is 1. The second-order valence-corrected chi connectivity index (χ2v) is 2.87. The molecule has 0 aromatic carbocycles. The SMILES string of the molecule is COC12CCC(CO1)C2=O. The van der Waals surface area contributed by atoms with E-state index in [2.05, 4.69) is 0 Å². The van der Waals surface area contributed by atoms with Crippen LogP contribution in [0.4, 0.5) is 0 Å². The Morgan fingerprint density at radius 1 is 1.80 bits per heavy atom. The van der Waals surface area contributed by atoms with Gasteiger partial charge in [-0.15, -0.1) is 0 Å². The third-order valence-corrected chi connectivity index (χ3v) is 2.42. The normalized spacial score (nSPS) is 44.9. The van der Waals surface area contributed by atoms with Crippen LogP contribution in [0.1, 0.15) is 12.8 Å². The Hall–Kier alpha value is -0.410. The van der Waals surface area contributed by atoms with Crippen molar-refractivity contribution in [2.45, 2.75) is 18.6 Å². The molecule has 2 unspecified atom stereocenters. The van der Waals surface area contributed by atoms with E-state index in [9.17, 15) is 4.79 Å². The van der Waals surface area contributed by atoms with Crippen LogP contribution in [0.15, 0.2) is 0 Å². The minimum absolute atomic E-state index is 0.125. The smallest absolute Gasteiger partial charge is 0.229 e. The molecule has 2 aliphatic rings. The number of carbonyl (C=O) groups is 1. The van der Waals surface area contributed by atoms with Crippen molar-refractivity contribution in [2.75, 3.05) is 13.7 Å². The summed E-state index contributed by atoms with van der Waals surface area (Å²) in [7, 11) is 1.53. The lowest BCUT2D eigenvalue weighted by Crippen LogP contribution is -2.34. The van der Waals surface area contributed by atoms with E-state index in [1.807, 2.05) is 0 Å². The maximum Gasteiger partial charge on any atom is 0.229 e. The Bertz CT molecular complexity index is 168. The van der Waals surface area contributed by atoms with Gasteiger partial charge >= 0.3 is 0 Å². The Labute approximate surface area is 59.3 Å². The molecule has 10 heavy (non-hydrogen) atoms.